The van der Waals surface area contributed by atoms with Crippen molar-refractivity contribution in [3.8, 4) is 0 Å². The number of carbonyl (C=O) groups is 1. The molecule has 0 radical (unpaired) electrons. The predicted octanol–water partition coefficient (Wildman–Crippen LogP) is 1.68. The van der Waals surface area contributed by atoms with E-state index in [1.807, 2.05) is 0 Å². The first-order valence-corrected chi connectivity index (χ1v) is 4.11. The van der Waals surface area contributed by atoms with Gasteiger partial charge < -0.3 is 9.52 Å². The Kier molecular flexibility index (Phi) is 1.77. The number of hydrogen-bond acceptors (Lipinski definition) is 4. The molecule has 0 aliphatic carbocycles. The van der Waals surface area contributed by atoms with Crippen molar-refractivity contribution in [1.82, 2.24) is 9.97 Å². The summed E-state index contributed by atoms with van der Waals surface area (Å²) in [6.07, 6.45) is 1.44. The van der Waals surface area contributed by atoms with E-state index in [9.17, 15) is 4.79 Å². The summed E-state index contributed by atoms with van der Waals surface area (Å²) in [5.41, 5.74) is 0.833. The fourth-order valence-corrected chi connectivity index (χ4v) is 1.21. The number of pyridine rings is 1. The summed E-state index contributed by atoms with van der Waals surface area (Å²) in [6.45, 7) is 0. The average Bonchev–Trinajstić information content (AvgIpc) is 2.46. The molecule has 5 nitrogen and oxygen atoms in total. The van der Waals surface area contributed by atoms with Crippen LogP contribution in [-0.2, 0) is 0 Å². The van der Waals surface area contributed by atoms with Crippen LogP contribution in [0.1, 0.15) is 10.7 Å². The molecule has 0 saturated carbocycles. The third-order valence-corrected chi connectivity index (χ3v) is 1.86. The van der Waals surface area contributed by atoms with Crippen LogP contribution >= 0.6 is 15.9 Å². The summed E-state index contributed by atoms with van der Waals surface area (Å²) in [5.74, 6) is -1.51. The molecule has 6 heteroatoms. The number of rotatable bonds is 1. The molecule has 13 heavy (non-hydrogen) atoms. The number of carboxylic acids is 1. The number of nitrogens with zero attached hydrogens (tertiary/aromatic N) is 2. The van der Waals surface area contributed by atoms with E-state index < -0.39 is 5.97 Å². The summed E-state index contributed by atoms with van der Waals surface area (Å²) < 4.78 is 5.51. The number of carboxylic acid groups (broad SMARTS) is 1. The first-order chi connectivity index (χ1) is 6.16. The van der Waals surface area contributed by atoms with Crippen LogP contribution in [0.15, 0.2) is 21.3 Å². The zero-order valence-electron chi connectivity index (χ0n) is 6.19. The molecular formula is C7H3BrN2O3. The number of oxazole rings is 1. The second-order valence-electron chi connectivity index (χ2n) is 2.30. The highest BCUT2D eigenvalue weighted by molar-refractivity contribution is 9.10. The smallest absolute Gasteiger partial charge is 0.392 e. The van der Waals surface area contributed by atoms with Gasteiger partial charge in [0.05, 0.1) is 6.20 Å². The van der Waals surface area contributed by atoms with Gasteiger partial charge in [0, 0.05) is 6.07 Å². The van der Waals surface area contributed by atoms with Crippen molar-refractivity contribution in [3.63, 3.8) is 0 Å². The van der Waals surface area contributed by atoms with E-state index in [-0.39, 0.29) is 5.89 Å². The molecule has 2 rings (SSSR count). The molecule has 2 aromatic heterocycles. The quantitative estimate of drug-likeness (QED) is 0.771. The Labute approximate surface area is 80.5 Å². The second kappa shape index (κ2) is 2.81. The second-order valence-corrected chi connectivity index (χ2v) is 3.11. The van der Waals surface area contributed by atoms with E-state index >= 15 is 0 Å². The SMILES string of the molecule is O=C(O)c1nc2cnc(Br)cc2o1. The van der Waals surface area contributed by atoms with Gasteiger partial charge in [-0.15, -0.1) is 0 Å². The van der Waals surface area contributed by atoms with Crippen molar-refractivity contribution < 1.29 is 14.3 Å². The van der Waals surface area contributed by atoms with E-state index in [4.69, 9.17) is 9.52 Å². The summed E-state index contributed by atoms with van der Waals surface area (Å²) >= 11 is 3.13. The van der Waals surface area contributed by atoms with E-state index in [1.165, 1.54) is 6.20 Å². The minimum absolute atomic E-state index is 0.324. The normalized spacial score (nSPS) is 10.5. The molecule has 0 unspecified atom stereocenters. The van der Waals surface area contributed by atoms with Gasteiger partial charge in [-0.25, -0.2) is 14.8 Å². The van der Waals surface area contributed by atoms with Crippen LogP contribution in [0.3, 0.4) is 0 Å². The van der Waals surface area contributed by atoms with Crippen LogP contribution in [0.5, 0.6) is 0 Å². The maximum absolute atomic E-state index is 10.5. The lowest BCUT2D eigenvalue weighted by Crippen LogP contribution is -1.94. The van der Waals surface area contributed by atoms with Gasteiger partial charge in [-0.2, -0.15) is 0 Å². The largest absolute Gasteiger partial charge is 0.474 e. The molecule has 0 spiro atoms. The van der Waals surface area contributed by atoms with Crippen molar-refractivity contribution >= 4 is 33.0 Å². The minimum Gasteiger partial charge on any atom is -0.474 e. The average molecular weight is 243 g/mol. The molecule has 1 N–H and O–H groups in total. The van der Waals surface area contributed by atoms with Crippen LogP contribution in [0.25, 0.3) is 11.1 Å². The van der Waals surface area contributed by atoms with Gasteiger partial charge in [0.15, 0.2) is 5.58 Å². The van der Waals surface area contributed by atoms with Crippen LogP contribution in [0.4, 0.5) is 0 Å². The van der Waals surface area contributed by atoms with Gasteiger partial charge in [0.25, 0.3) is 0 Å². The molecule has 0 bridgehead atoms. The third-order valence-electron chi connectivity index (χ3n) is 1.42. The number of hydrogen-bond donors (Lipinski definition) is 1. The monoisotopic (exact) mass is 242 g/mol. The van der Waals surface area contributed by atoms with Crippen molar-refractivity contribution in [1.29, 1.82) is 0 Å². The lowest BCUT2D eigenvalue weighted by atomic mass is 10.4. The van der Waals surface area contributed by atoms with Crippen molar-refractivity contribution in [2.24, 2.45) is 0 Å². The van der Waals surface area contributed by atoms with Gasteiger partial charge in [0.2, 0.25) is 0 Å². The van der Waals surface area contributed by atoms with Gasteiger partial charge in [-0.1, -0.05) is 0 Å². The molecule has 66 valence electrons. The number of halogens is 1. The highest BCUT2D eigenvalue weighted by Gasteiger charge is 2.12. The topological polar surface area (TPSA) is 76.2 Å². The fraction of sp³-hybridized carbons (Fsp3) is 0. The van der Waals surface area contributed by atoms with Gasteiger partial charge >= 0.3 is 11.9 Å². The first-order valence-electron chi connectivity index (χ1n) is 3.32. The lowest BCUT2D eigenvalue weighted by molar-refractivity contribution is 0.0656. The molecule has 0 aliphatic rings. The standard InChI is InChI=1S/C7H3BrN2O3/c8-5-1-4-3(2-9-5)10-6(13-4)7(11)12/h1-2H,(H,11,12). The molecule has 0 saturated heterocycles. The van der Waals surface area contributed by atoms with Gasteiger partial charge in [-0.3, -0.25) is 0 Å². The molecule has 0 fully saturated rings. The highest BCUT2D eigenvalue weighted by atomic mass is 79.9. The van der Waals surface area contributed by atoms with Crippen LogP contribution < -0.4 is 0 Å². The van der Waals surface area contributed by atoms with E-state index in [0.717, 1.165) is 0 Å². The molecule has 0 aliphatic heterocycles. The Hall–Kier alpha value is -1.43. The predicted molar refractivity (Wildman–Crippen MR) is 46.5 cm³/mol. The minimum atomic E-state index is -1.19. The van der Waals surface area contributed by atoms with Crippen LogP contribution in [-0.4, -0.2) is 21.0 Å². The molecule has 2 aromatic rings. The Morgan fingerprint density at radius 2 is 2.38 bits per heavy atom. The van der Waals surface area contributed by atoms with E-state index in [2.05, 4.69) is 25.9 Å². The van der Waals surface area contributed by atoms with Crippen LogP contribution in [0.2, 0.25) is 0 Å². The molecule has 0 amide bonds. The molecular weight excluding hydrogens is 240 g/mol. The summed E-state index contributed by atoms with van der Waals surface area (Å²) in [4.78, 5) is 18.1. The molecule has 0 atom stereocenters. The highest BCUT2D eigenvalue weighted by Crippen LogP contribution is 2.17. The zero-order valence-corrected chi connectivity index (χ0v) is 7.78. The van der Waals surface area contributed by atoms with Crippen molar-refractivity contribution in [2.75, 3.05) is 0 Å². The fourth-order valence-electron chi connectivity index (χ4n) is 0.899. The Bertz CT molecular complexity index is 480. The third kappa shape index (κ3) is 1.40. The number of fused-ring (bicyclic) bond motifs is 1. The molecule has 0 aromatic carbocycles. The van der Waals surface area contributed by atoms with Gasteiger partial charge in [0.1, 0.15) is 10.1 Å². The van der Waals surface area contributed by atoms with Crippen molar-refractivity contribution in [2.45, 2.75) is 0 Å². The van der Waals surface area contributed by atoms with E-state index in [1.54, 1.807) is 6.07 Å². The lowest BCUT2D eigenvalue weighted by Gasteiger charge is -1.85. The number of aromatic nitrogens is 2. The first kappa shape index (κ1) is 8.18. The maximum Gasteiger partial charge on any atom is 0.392 e. The summed E-state index contributed by atoms with van der Waals surface area (Å²) in [6, 6.07) is 1.56. The molecule has 2 heterocycles. The summed E-state index contributed by atoms with van der Waals surface area (Å²) in [5, 5.41) is 8.57. The Balaban J connectivity index is 2.68. The Morgan fingerprint density at radius 3 is 3.08 bits per heavy atom. The zero-order chi connectivity index (χ0) is 9.42. The van der Waals surface area contributed by atoms with E-state index in [0.29, 0.717) is 15.7 Å². The van der Waals surface area contributed by atoms with Crippen LogP contribution in [0, 0.1) is 0 Å². The van der Waals surface area contributed by atoms with Gasteiger partial charge in [-0.05, 0) is 15.9 Å². The summed E-state index contributed by atoms with van der Waals surface area (Å²) in [7, 11) is 0. The van der Waals surface area contributed by atoms with Crippen molar-refractivity contribution in [3.05, 3.63) is 22.8 Å². The maximum atomic E-state index is 10.5. The number of aromatic carboxylic acids is 1. The Morgan fingerprint density at radius 1 is 1.62 bits per heavy atom.